The normalized spacial score (nSPS) is 15.0. The number of halogens is 2. The van der Waals surface area contributed by atoms with Gasteiger partial charge in [0.15, 0.2) is 0 Å². The van der Waals surface area contributed by atoms with Crippen LogP contribution in [0.15, 0.2) is 24.3 Å². The second kappa shape index (κ2) is 9.84. The van der Waals surface area contributed by atoms with E-state index in [1.54, 1.807) is 19.2 Å². The topological polar surface area (TPSA) is 58.8 Å². The Morgan fingerprint density at radius 3 is 2.38 bits per heavy atom. The number of amides is 1. The molecule has 2 N–H and O–H groups in total. The summed E-state index contributed by atoms with van der Waals surface area (Å²) in [6.45, 7) is 4.93. The molecule has 1 aliphatic rings. The number of carbonyl (C=O) groups excluding carboxylic acids is 1. The Labute approximate surface area is 138 Å². The van der Waals surface area contributed by atoms with Crippen molar-refractivity contribution in [3.05, 3.63) is 29.8 Å². The summed E-state index contributed by atoms with van der Waals surface area (Å²) in [4.78, 5) is 16.5. The molecule has 1 aromatic rings. The maximum Gasteiger partial charge on any atom is 0.256 e. The van der Waals surface area contributed by atoms with Gasteiger partial charge in [0.05, 0.1) is 12.2 Å². The minimum Gasteiger partial charge on any atom is -0.398 e. The minimum absolute atomic E-state index is 0. The Kier molecular flexibility index (Phi) is 9.37. The number of nitrogens with zero attached hydrogens (tertiary/aromatic N) is 2. The highest BCUT2D eigenvalue weighted by Crippen LogP contribution is 2.14. The lowest BCUT2D eigenvalue weighted by Gasteiger charge is -2.34. The predicted octanol–water partition coefficient (Wildman–Crippen LogP) is 1.52. The van der Waals surface area contributed by atoms with Gasteiger partial charge >= 0.3 is 0 Å². The molecule has 0 unspecified atom stereocenters. The molecule has 1 heterocycles. The first-order valence-corrected chi connectivity index (χ1v) is 6.57. The second-order valence-corrected chi connectivity index (χ2v) is 4.71. The Balaban J connectivity index is 0.00000200. The summed E-state index contributed by atoms with van der Waals surface area (Å²) in [6.07, 6.45) is 0. The maximum atomic E-state index is 12.3. The van der Waals surface area contributed by atoms with Gasteiger partial charge in [0.25, 0.3) is 5.91 Å². The Hall–Kier alpha value is -1.01. The van der Waals surface area contributed by atoms with Crippen LogP contribution in [-0.4, -0.2) is 62.1 Å². The van der Waals surface area contributed by atoms with Gasteiger partial charge in [-0.2, -0.15) is 0 Å². The van der Waals surface area contributed by atoms with Gasteiger partial charge in [-0.3, -0.25) is 9.69 Å². The van der Waals surface area contributed by atoms with E-state index in [4.69, 9.17) is 10.5 Å². The van der Waals surface area contributed by atoms with Crippen LogP contribution in [0.5, 0.6) is 0 Å². The van der Waals surface area contributed by atoms with Gasteiger partial charge in [0.2, 0.25) is 0 Å². The van der Waals surface area contributed by atoms with Crippen molar-refractivity contribution >= 4 is 36.4 Å². The Morgan fingerprint density at radius 1 is 1.19 bits per heavy atom. The molecule has 7 heteroatoms. The van der Waals surface area contributed by atoms with Crippen LogP contribution in [0.4, 0.5) is 5.69 Å². The number of hydrogen-bond donors (Lipinski definition) is 1. The second-order valence-electron chi connectivity index (χ2n) is 4.71. The van der Waals surface area contributed by atoms with E-state index in [9.17, 15) is 4.79 Å². The molecule has 0 aliphatic carbocycles. The Morgan fingerprint density at radius 2 is 1.81 bits per heavy atom. The first-order valence-electron chi connectivity index (χ1n) is 6.57. The summed E-state index contributed by atoms with van der Waals surface area (Å²) in [6, 6.07) is 7.24. The van der Waals surface area contributed by atoms with E-state index < -0.39 is 0 Å². The van der Waals surface area contributed by atoms with Gasteiger partial charge in [-0.15, -0.1) is 24.8 Å². The molecule has 1 fully saturated rings. The standard InChI is InChI=1S/C14H21N3O2.2ClH/c1-19-11-10-16-6-8-17(9-7-16)14(18)12-4-2-3-5-13(12)15;;/h2-5H,6-11,15H2,1H3;2*1H. The first kappa shape index (κ1) is 20.0. The minimum atomic E-state index is 0. The largest absolute Gasteiger partial charge is 0.398 e. The summed E-state index contributed by atoms with van der Waals surface area (Å²) in [5.74, 6) is 0.0319. The molecule has 0 radical (unpaired) electrons. The molecular weight excluding hydrogens is 313 g/mol. The molecule has 1 aliphatic heterocycles. The van der Waals surface area contributed by atoms with Gasteiger partial charge in [-0.05, 0) is 12.1 Å². The maximum absolute atomic E-state index is 12.3. The molecule has 2 rings (SSSR count). The third kappa shape index (κ3) is 5.36. The Bertz CT molecular complexity index is 438. The molecule has 21 heavy (non-hydrogen) atoms. The molecule has 0 bridgehead atoms. The van der Waals surface area contributed by atoms with Gasteiger partial charge in [-0.25, -0.2) is 0 Å². The summed E-state index contributed by atoms with van der Waals surface area (Å²) < 4.78 is 5.07. The van der Waals surface area contributed by atoms with Crippen molar-refractivity contribution in [1.82, 2.24) is 9.80 Å². The number of nitrogen functional groups attached to an aromatic ring is 1. The fraction of sp³-hybridized carbons (Fsp3) is 0.500. The van der Waals surface area contributed by atoms with E-state index in [-0.39, 0.29) is 30.7 Å². The van der Waals surface area contributed by atoms with E-state index >= 15 is 0 Å². The number of piperazine rings is 1. The molecule has 5 nitrogen and oxygen atoms in total. The molecule has 1 amide bonds. The summed E-state index contributed by atoms with van der Waals surface area (Å²) in [5, 5.41) is 0. The lowest BCUT2D eigenvalue weighted by Crippen LogP contribution is -2.49. The number of nitrogens with two attached hydrogens (primary N) is 1. The third-order valence-electron chi connectivity index (χ3n) is 3.46. The summed E-state index contributed by atoms with van der Waals surface area (Å²) >= 11 is 0. The average molecular weight is 336 g/mol. The molecule has 1 aromatic carbocycles. The highest BCUT2D eigenvalue weighted by atomic mass is 35.5. The number of para-hydroxylation sites is 1. The van der Waals surface area contributed by atoms with Crippen molar-refractivity contribution in [2.75, 3.05) is 52.2 Å². The van der Waals surface area contributed by atoms with Crippen LogP contribution in [0, 0.1) is 0 Å². The van der Waals surface area contributed by atoms with Crippen molar-refractivity contribution in [3.8, 4) is 0 Å². The number of rotatable bonds is 4. The fourth-order valence-corrected chi connectivity index (χ4v) is 2.26. The zero-order valence-corrected chi connectivity index (χ0v) is 13.8. The molecule has 0 spiro atoms. The van der Waals surface area contributed by atoms with Crippen molar-refractivity contribution in [3.63, 3.8) is 0 Å². The van der Waals surface area contributed by atoms with E-state index in [1.807, 2.05) is 17.0 Å². The number of benzene rings is 1. The van der Waals surface area contributed by atoms with E-state index in [0.29, 0.717) is 11.3 Å². The van der Waals surface area contributed by atoms with Gasteiger partial charge < -0.3 is 15.4 Å². The number of carbonyl (C=O) groups is 1. The quantitative estimate of drug-likeness (QED) is 0.847. The van der Waals surface area contributed by atoms with Crippen LogP contribution >= 0.6 is 24.8 Å². The van der Waals surface area contributed by atoms with Crippen molar-refractivity contribution in [2.24, 2.45) is 0 Å². The molecule has 120 valence electrons. The fourth-order valence-electron chi connectivity index (χ4n) is 2.26. The van der Waals surface area contributed by atoms with E-state index in [1.165, 1.54) is 0 Å². The zero-order chi connectivity index (χ0) is 13.7. The predicted molar refractivity (Wildman–Crippen MR) is 89.6 cm³/mol. The van der Waals surface area contributed by atoms with Crippen molar-refractivity contribution in [1.29, 1.82) is 0 Å². The third-order valence-corrected chi connectivity index (χ3v) is 3.46. The van der Waals surface area contributed by atoms with Crippen LogP contribution in [0.1, 0.15) is 10.4 Å². The number of methoxy groups -OCH3 is 1. The van der Waals surface area contributed by atoms with Crippen LogP contribution in [0.25, 0.3) is 0 Å². The summed E-state index contributed by atoms with van der Waals surface area (Å²) in [7, 11) is 1.71. The number of hydrogen-bond acceptors (Lipinski definition) is 4. The van der Waals surface area contributed by atoms with Crippen LogP contribution in [-0.2, 0) is 4.74 Å². The van der Waals surface area contributed by atoms with E-state index in [0.717, 1.165) is 39.3 Å². The zero-order valence-electron chi connectivity index (χ0n) is 12.2. The highest BCUT2D eigenvalue weighted by molar-refractivity contribution is 5.99. The molecular formula is C14H23Cl2N3O2. The molecule has 0 atom stereocenters. The van der Waals surface area contributed by atoms with Crippen LogP contribution in [0.2, 0.25) is 0 Å². The lowest BCUT2D eigenvalue weighted by molar-refractivity contribution is 0.0595. The van der Waals surface area contributed by atoms with E-state index in [2.05, 4.69) is 4.90 Å². The van der Waals surface area contributed by atoms with Crippen LogP contribution < -0.4 is 5.73 Å². The van der Waals surface area contributed by atoms with Gasteiger partial charge in [0, 0.05) is 45.5 Å². The monoisotopic (exact) mass is 335 g/mol. The lowest BCUT2D eigenvalue weighted by atomic mass is 10.1. The SMILES string of the molecule is COCCN1CCN(C(=O)c2ccccc2N)CC1.Cl.Cl. The summed E-state index contributed by atoms with van der Waals surface area (Å²) in [5.41, 5.74) is 7.00. The molecule has 0 aromatic heterocycles. The number of ether oxygens (including phenoxy) is 1. The average Bonchev–Trinajstić information content (AvgIpc) is 2.45. The smallest absolute Gasteiger partial charge is 0.256 e. The highest BCUT2D eigenvalue weighted by Gasteiger charge is 2.22. The molecule has 1 saturated heterocycles. The molecule has 0 saturated carbocycles. The van der Waals surface area contributed by atoms with Gasteiger partial charge in [-0.1, -0.05) is 12.1 Å². The first-order chi connectivity index (χ1) is 9.22. The van der Waals surface area contributed by atoms with Gasteiger partial charge in [0.1, 0.15) is 0 Å². The number of anilines is 1. The van der Waals surface area contributed by atoms with Crippen molar-refractivity contribution < 1.29 is 9.53 Å². The van der Waals surface area contributed by atoms with Crippen LogP contribution in [0.3, 0.4) is 0 Å². The van der Waals surface area contributed by atoms with Crippen molar-refractivity contribution in [2.45, 2.75) is 0 Å².